The minimum absolute atomic E-state index is 0.171. The second kappa shape index (κ2) is 3.52. The maximum Gasteiger partial charge on any atom is 0.109 e. The van der Waals surface area contributed by atoms with Crippen LogP contribution in [0, 0.1) is 0 Å². The number of aliphatic hydroxyl groups is 2. The van der Waals surface area contributed by atoms with Crippen molar-refractivity contribution in [1.82, 2.24) is 0 Å². The van der Waals surface area contributed by atoms with Crippen molar-refractivity contribution in [3.05, 3.63) is 0 Å². The summed E-state index contributed by atoms with van der Waals surface area (Å²) in [6.07, 6.45) is -0.205. The Kier molecular flexibility index (Phi) is 2.87. The molecule has 0 amide bonds. The zero-order valence-corrected chi connectivity index (χ0v) is 7.03. The zero-order valence-electron chi connectivity index (χ0n) is 7.03. The molecule has 0 unspecified atom stereocenters. The van der Waals surface area contributed by atoms with Crippen LogP contribution in [0.25, 0.3) is 0 Å². The lowest BCUT2D eigenvalue weighted by atomic mass is 10.1. The molecule has 1 heterocycles. The highest BCUT2D eigenvalue weighted by molar-refractivity contribution is 4.88. The highest BCUT2D eigenvalue weighted by Crippen LogP contribution is 2.24. The van der Waals surface area contributed by atoms with Crippen LogP contribution >= 0.6 is 0 Å². The first-order chi connectivity index (χ1) is 5.20. The Morgan fingerprint density at radius 2 is 1.36 bits per heavy atom. The fraction of sp³-hybridized carbons (Fsp3) is 1.00. The number of hydrogen-bond donors (Lipinski definition) is 2. The molecule has 0 aromatic heterocycles. The molecule has 1 saturated heterocycles. The van der Waals surface area contributed by atoms with Crippen LogP contribution in [0.5, 0.6) is 0 Å². The van der Waals surface area contributed by atoms with Gasteiger partial charge in [-0.3, -0.25) is 0 Å². The Morgan fingerprint density at radius 3 is 1.55 bits per heavy atom. The van der Waals surface area contributed by atoms with Gasteiger partial charge in [0.1, 0.15) is 12.2 Å². The molecule has 1 aliphatic rings. The Labute approximate surface area is 67.0 Å². The second-order valence-electron chi connectivity index (χ2n) is 3.01. The van der Waals surface area contributed by atoms with Gasteiger partial charge in [0.25, 0.3) is 0 Å². The van der Waals surface area contributed by atoms with Crippen LogP contribution < -0.4 is 0 Å². The summed E-state index contributed by atoms with van der Waals surface area (Å²) in [6.45, 7) is 3.89. The van der Waals surface area contributed by atoms with E-state index in [2.05, 4.69) is 0 Å². The first-order valence-corrected chi connectivity index (χ1v) is 4.22. The lowest BCUT2D eigenvalue weighted by Gasteiger charge is -2.11. The zero-order chi connectivity index (χ0) is 8.43. The van der Waals surface area contributed by atoms with E-state index in [1.165, 1.54) is 0 Å². The molecule has 1 fully saturated rings. The maximum atomic E-state index is 9.38. The number of hydrogen-bond acceptors (Lipinski definition) is 3. The van der Waals surface area contributed by atoms with Gasteiger partial charge >= 0.3 is 0 Å². The summed E-state index contributed by atoms with van der Waals surface area (Å²) in [5.41, 5.74) is 0. The maximum absolute atomic E-state index is 9.38. The highest BCUT2D eigenvalue weighted by atomic mass is 16.5. The Balaban J connectivity index is 2.53. The average Bonchev–Trinajstić information content (AvgIpc) is 2.30. The van der Waals surface area contributed by atoms with Gasteiger partial charge in [0, 0.05) is 0 Å². The lowest BCUT2D eigenvalue weighted by molar-refractivity contribution is 0.00521. The predicted molar refractivity (Wildman–Crippen MR) is 41.3 cm³/mol. The SMILES string of the molecule is CC[C@H]1O[C@H](CC)[C@@H](O)[C@@H]1O. The van der Waals surface area contributed by atoms with Gasteiger partial charge in [-0.2, -0.15) is 0 Å². The molecular weight excluding hydrogens is 144 g/mol. The number of aliphatic hydroxyl groups excluding tert-OH is 2. The number of rotatable bonds is 2. The van der Waals surface area contributed by atoms with Crippen molar-refractivity contribution in [2.24, 2.45) is 0 Å². The average molecular weight is 160 g/mol. The first-order valence-electron chi connectivity index (χ1n) is 4.22. The van der Waals surface area contributed by atoms with E-state index >= 15 is 0 Å². The lowest BCUT2D eigenvalue weighted by Crippen LogP contribution is -2.31. The van der Waals surface area contributed by atoms with Crippen LogP contribution in [-0.2, 0) is 4.74 Å². The van der Waals surface area contributed by atoms with Crippen molar-refractivity contribution < 1.29 is 14.9 Å². The van der Waals surface area contributed by atoms with Gasteiger partial charge in [-0.15, -0.1) is 0 Å². The summed E-state index contributed by atoms with van der Waals surface area (Å²) in [4.78, 5) is 0. The van der Waals surface area contributed by atoms with Crippen LogP contribution in [0.15, 0.2) is 0 Å². The third-order valence-corrected chi connectivity index (χ3v) is 2.27. The summed E-state index contributed by atoms with van der Waals surface area (Å²) >= 11 is 0. The van der Waals surface area contributed by atoms with Crippen molar-refractivity contribution >= 4 is 0 Å². The molecule has 0 aromatic carbocycles. The molecule has 4 atom stereocenters. The van der Waals surface area contributed by atoms with E-state index in [1.54, 1.807) is 0 Å². The Morgan fingerprint density at radius 1 is 1.00 bits per heavy atom. The normalized spacial score (nSPS) is 44.7. The minimum Gasteiger partial charge on any atom is -0.388 e. The topological polar surface area (TPSA) is 49.7 Å². The van der Waals surface area contributed by atoms with E-state index in [0.717, 1.165) is 12.8 Å². The van der Waals surface area contributed by atoms with Crippen molar-refractivity contribution in [3.8, 4) is 0 Å². The van der Waals surface area contributed by atoms with Crippen molar-refractivity contribution in [3.63, 3.8) is 0 Å². The fourth-order valence-corrected chi connectivity index (χ4v) is 1.50. The van der Waals surface area contributed by atoms with Crippen molar-refractivity contribution in [1.29, 1.82) is 0 Å². The molecule has 1 aliphatic heterocycles. The number of ether oxygens (including phenoxy) is 1. The second-order valence-corrected chi connectivity index (χ2v) is 3.01. The monoisotopic (exact) mass is 160 g/mol. The standard InChI is InChI=1S/C8H16O3/c1-3-5-7(9)8(10)6(4-2)11-5/h5-10H,3-4H2,1-2H3/t5-,6-,7-,8-/m1/s1. The summed E-state index contributed by atoms with van der Waals surface area (Å²) in [6, 6.07) is 0. The van der Waals surface area contributed by atoms with Gasteiger partial charge in [-0.1, -0.05) is 13.8 Å². The molecule has 3 nitrogen and oxygen atoms in total. The van der Waals surface area contributed by atoms with E-state index < -0.39 is 12.2 Å². The van der Waals surface area contributed by atoms with E-state index in [9.17, 15) is 10.2 Å². The van der Waals surface area contributed by atoms with Gasteiger partial charge in [0.05, 0.1) is 12.2 Å². The van der Waals surface area contributed by atoms with Crippen LogP contribution in [0.4, 0.5) is 0 Å². The van der Waals surface area contributed by atoms with Crippen LogP contribution in [-0.4, -0.2) is 34.6 Å². The third kappa shape index (κ3) is 1.55. The summed E-state index contributed by atoms with van der Waals surface area (Å²) in [7, 11) is 0. The molecule has 66 valence electrons. The summed E-state index contributed by atoms with van der Waals surface area (Å²) in [5, 5.41) is 18.8. The van der Waals surface area contributed by atoms with Gasteiger partial charge in [0.2, 0.25) is 0 Å². The fourth-order valence-electron chi connectivity index (χ4n) is 1.50. The molecule has 0 spiro atoms. The molecule has 0 saturated carbocycles. The molecule has 1 rings (SSSR count). The van der Waals surface area contributed by atoms with Gasteiger partial charge in [-0.05, 0) is 12.8 Å². The summed E-state index contributed by atoms with van der Waals surface area (Å²) in [5.74, 6) is 0. The molecule has 11 heavy (non-hydrogen) atoms. The predicted octanol–water partition coefficient (Wildman–Crippen LogP) is 0.296. The molecule has 0 radical (unpaired) electrons. The molecule has 0 bridgehead atoms. The smallest absolute Gasteiger partial charge is 0.109 e. The Hall–Kier alpha value is -0.120. The minimum atomic E-state index is -0.690. The highest BCUT2D eigenvalue weighted by Gasteiger charge is 2.40. The summed E-state index contributed by atoms with van der Waals surface area (Å²) < 4.78 is 5.38. The van der Waals surface area contributed by atoms with Crippen LogP contribution in [0.3, 0.4) is 0 Å². The van der Waals surface area contributed by atoms with E-state index in [0.29, 0.717) is 0 Å². The van der Waals surface area contributed by atoms with E-state index in [-0.39, 0.29) is 12.2 Å². The van der Waals surface area contributed by atoms with Crippen LogP contribution in [0.1, 0.15) is 26.7 Å². The largest absolute Gasteiger partial charge is 0.388 e. The molecule has 0 aliphatic carbocycles. The van der Waals surface area contributed by atoms with Gasteiger partial charge < -0.3 is 14.9 Å². The third-order valence-electron chi connectivity index (χ3n) is 2.27. The molecule has 3 heteroatoms. The first kappa shape index (κ1) is 8.97. The quantitative estimate of drug-likeness (QED) is 0.610. The van der Waals surface area contributed by atoms with Gasteiger partial charge in [0.15, 0.2) is 0 Å². The van der Waals surface area contributed by atoms with Gasteiger partial charge in [-0.25, -0.2) is 0 Å². The van der Waals surface area contributed by atoms with Crippen molar-refractivity contribution in [2.75, 3.05) is 0 Å². The van der Waals surface area contributed by atoms with Crippen LogP contribution in [0.2, 0.25) is 0 Å². The van der Waals surface area contributed by atoms with E-state index in [1.807, 2.05) is 13.8 Å². The molecule has 2 N–H and O–H groups in total. The molecule has 0 aromatic rings. The van der Waals surface area contributed by atoms with Crippen molar-refractivity contribution in [2.45, 2.75) is 51.1 Å². The van der Waals surface area contributed by atoms with E-state index in [4.69, 9.17) is 4.74 Å². The Bertz CT molecular complexity index is 109. The molecular formula is C8H16O3.